The van der Waals surface area contributed by atoms with Gasteiger partial charge in [-0.3, -0.25) is 15.0 Å². The van der Waals surface area contributed by atoms with Gasteiger partial charge in [0, 0.05) is 23.6 Å². The molecule has 0 aliphatic heterocycles. The first kappa shape index (κ1) is 11.2. The van der Waals surface area contributed by atoms with Gasteiger partial charge in [-0.2, -0.15) is 10.2 Å². The summed E-state index contributed by atoms with van der Waals surface area (Å²) in [6, 6.07) is 9.41. The predicted molar refractivity (Wildman–Crippen MR) is 70.6 cm³/mol. The summed E-state index contributed by atoms with van der Waals surface area (Å²) in [5.74, 6) is -0.199. The Morgan fingerprint density at radius 1 is 1.21 bits per heavy atom. The van der Waals surface area contributed by atoms with E-state index in [1.807, 2.05) is 30.3 Å². The maximum atomic E-state index is 11.9. The van der Waals surface area contributed by atoms with Crippen molar-refractivity contribution in [1.29, 1.82) is 0 Å². The highest BCUT2D eigenvalue weighted by Gasteiger charge is 2.07. The fourth-order valence-corrected chi connectivity index (χ4v) is 1.76. The molecule has 0 unspecified atom stereocenters. The number of H-pyrrole nitrogens is 2. The third kappa shape index (κ3) is 2.37. The number of carbonyl (C=O) groups is 1. The van der Waals surface area contributed by atoms with Crippen LogP contribution in [0.15, 0.2) is 48.9 Å². The van der Waals surface area contributed by atoms with Gasteiger partial charge in [-0.05, 0) is 18.2 Å². The first-order chi connectivity index (χ1) is 9.33. The first-order valence-electron chi connectivity index (χ1n) is 5.73. The summed E-state index contributed by atoms with van der Waals surface area (Å²) in [6.45, 7) is 0. The van der Waals surface area contributed by atoms with E-state index < -0.39 is 0 Å². The number of benzene rings is 1. The molecule has 6 heteroatoms. The molecule has 1 amide bonds. The van der Waals surface area contributed by atoms with Gasteiger partial charge >= 0.3 is 0 Å². The molecular weight excluding hydrogens is 242 g/mol. The van der Waals surface area contributed by atoms with Crippen LogP contribution in [0.25, 0.3) is 11.3 Å². The van der Waals surface area contributed by atoms with Crippen molar-refractivity contribution in [3.05, 3.63) is 54.5 Å². The van der Waals surface area contributed by atoms with E-state index in [-0.39, 0.29) is 5.91 Å². The molecule has 0 aliphatic rings. The summed E-state index contributed by atoms with van der Waals surface area (Å²) >= 11 is 0. The smallest absolute Gasteiger partial charge is 0.258 e. The van der Waals surface area contributed by atoms with Crippen molar-refractivity contribution in [2.24, 2.45) is 0 Å². The number of hydrogen-bond donors (Lipinski definition) is 3. The zero-order valence-electron chi connectivity index (χ0n) is 9.92. The molecule has 0 bridgehead atoms. The summed E-state index contributed by atoms with van der Waals surface area (Å²) in [5.41, 5.74) is 3.08. The third-order valence-electron chi connectivity index (χ3n) is 2.69. The number of aromatic nitrogens is 4. The van der Waals surface area contributed by atoms with Gasteiger partial charge in [0.05, 0.1) is 17.5 Å². The fraction of sp³-hybridized carbons (Fsp3) is 0. The molecule has 0 radical (unpaired) electrons. The standard InChI is InChI=1S/C13H11N5O/c19-13(10-7-15-16-8-10)17-11-3-1-2-9(6-11)12-4-5-14-18-12/h1-8H,(H,14,18)(H,15,16)(H,17,19). The molecule has 3 N–H and O–H groups in total. The third-order valence-corrected chi connectivity index (χ3v) is 2.69. The molecule has 2 aromatic heterocycles. The molecular formula is C13H11N5O. The largest absolute Gasteiger partial charge is 0.322 e. The van der Waals surface area contributed by atoms with Crippen molar-refractivity contribution in [3.63, 3.8) is 0 Å². The summed E-state index contributed by atoms with van der Waals surface area (Å²) < 4.78 is 0. The normalized spacial score (nSPS) is 10.3. The summed E-state index contributed by atoms with van der Waals surface area (Å²) in [4.78, 5) is 11.9. The molecule has 3 rings (SSSR count). The van der Waals surface area contributed by atoms with Crippen molar-refractivity contribution in [1.82, 2.24) is 20.4 Å². The maximum Gasteiger partial charge on any atom is 0.258 e. The topological polar surface area (TPSA) is 86.5 Å². The lowest BCUT2D eigenvalue weighted by Gasteiger charge is -2.05. The average molecular weight is 253 g/mol. The van der Waals surface area contributed by atoms with Gasteiger partial charge < -0.3 is 5.32 Å². The van der Waals surface area contributed by atoms with Crippen molar-refractivity contribution >= 4 is 11.6 Å². The van der Waals surface area contributed by atoms with Crippen LogP contribution in [0.2, 0.25) is 0 Å². The highest BCUT2D eigenvalue weighted by atomic mass is 16.1. The van der Waals surface area contributed by atoms with Crippen LogP contribution in [-0.2, 0) is 0 Å². The fourth-order valence-electron chi connectivity index (χ4n) is 1.76. The van der Waals surface area contributed by atoms with Gasteiger partial charge in [-0.25, -0.2) is 0 Å². The molecule has 0 saturated heterocycles. The van der Waals surface area contributed by atoms with Gasteiger partial charge in [-0.1, -0.05) is 12.1 Å². The van der Waals surface area contributed by atoms with Crippen molar-refractivity contribution in [2.45, 2.75) is 0 Å². The van der Waals surface area contributed by atoms with E-state index in [9.17, 15) is 4.79 Å². The zero-order chi connectivity index (χ0) is 13.1. The number of amides is 1. The molecule has 2 heterocycles. The van der Waals surface area contributed by atoms with E-state index in [1.165, 1.54) is 6.20 Å². The molecule has 94 valence electrons. The van der Waals surface area contributed by atoms with Crippen LogP contribution in [0.5, 0.6) is 0 Å². The summed E-state index contributed by atoms with van der Waals surface area (Å²) in [6.07, 6.45) is 4.72. The van der Waals surface area contributed by atoms with Gasteiger partial charge in [0.15, 0.2) is 0 Å². The highest BCUT2D eigenvalue weighted by molar-refractivity contribution is 6.04. The van der Waals surface area contributed by atoms with Crippen LogP contribution in [0, 0.1) is 0 Å². The molecule has 0 atom stereocenters. The van der Waals surface area contributed by atoms with E-state index >= 15 is 0 Å². The minimum atomic E-state index is -0.199. The molecule has 3 aromatic rings. The molecule has 19 heavy (non-hydrogen) atoms. The van der Waals surface area contributed by atoms with Gasteiger partial charge in [0.25, 0.3) is 5.91 Å². The van der Waals surface area contributed by atoms with E-state index in [0.717, 1.165) is 16.9 Å². The van der Waals surface area contributed by atoms with E-state index in [1.54, 1.807) is 12.4 Å². The van der Waals surface area contributed by atoms with Crippen LogP contribution in [-0.4, -0.2) is 26.3 Å². The van der Waals surface area contributed by atoms with Crippen LogP contribution in [0.4, 0.5) is 5.69 Å². The molecule has 1 aromatic carbocycles. The Morgan fingerprint density at radius 3 is 2.89 bits per heavy atom. The quantitative estimate of drug-likeness (QED) is 0.667. The predicted octanol–water partition coefficient (Wildman–Crippen LogP) is 2.05. The second-order valence-electron chi connectivity index (χ2n) is 3.99. The lowest BCUT2D eigenvalue weighted by Crippen LogP contribution is -2.10. The molecule has 0 fully saturated rings. The van der Waals surface area contributed by atoms with E-state index in [0.29, 0.717) is 5.56 Å². The lowest BCUT2D eigenvalue weighted by molar-refractivity contribution is 0.102. The molecule has 0 spiro atoms. The van der Waals surface area contributed by atoms with Crippen LogP contribution in [0.1, 0.15) is 10.4 Å². The zero-order valence-corrected chi connectivity index (χ0v) is 9.92. The van der Waals surface area contributed by atoms with Crippen molar-refractivity contribution in [3.8, 4) is 11.3 Å². The number of aromatic amines is 2. The number of rotatable bonds is 3. The van der Waals surface area contributed by atoms with Gasteiger partial charge in [0.1, 0.15) is 0 Å². The summed E-state index contributed by atoms with van der Waals surface area (Å²) in [5, 5.41) is 16.0. The number of hydrogen-bond acceptors (Lipinski definition) is 3. The Balaban J connectivity index is 1.82. The Bertz CT molecular complexity index is 673. The number of anilines is 1. The Labute approximate surface area is 108 Å². The molecule has 0 saturated carbocycles. The Hall–Kier alpha value is -2.89. The van der Waals surface area contributed by atoms with Crippen LogP contribution < -0.4 is 5.32 Å². The molecule has 6 nitrogen and oxygen atoms in total. The Morgan fingerprint density at radius 2 is 2.16 bits per heavy atom. The van der Waals surface area contributed by atoms with Gasteiger partial charge in [-0.15, -0.1) is 0 Å². The highest BCUT2D eigenvalue weighted by Crippen LogP contribution is 2.20. The lowest BCUT2D eigenvalue weighted by atomic mass is 10.1. The number of nitrogens with one attached hydrogen (secondary N) is 3. The van der Waals surface area contributed by atoms with Crippen LogP contribution in [0.3, 0.4) is 0 Å². The van der Waals surface area contributed by atoms with Crippen molar-refractivity contribution < 1.29 is 4.79 Å². The Kier molecular flexibility index (Phi) is 2.82. The maximum absolute atomic E-state index is 11.9. The first-order valence-corrected chi connectivity index (χ1v) is 5.73. The molecule has 0 aliphatic carbocycles. The number of carbonyl (C=O) groups excluding carboxylic acids is 1. The minimum Gasteiger partial charge on any atom is -0.322 e. The average Bonchev–Trinajstić information content (AvgIpc) is 3.13. The second-order valence-corrected chi connectivity index (χ2v) is 3.99. The van der Waals surface area contributed by atoms with E-state index in [4.69, 9.17) is 0 Å². The number of nitrogens with zero attached hydrogens (tertiary/aromatic N) is 2. The van der Waals surface area contributed by atoms with Gasteiger partial charge in [0.2, 0.25) is 0 Å². The monoisotopic (exact) mass is 253 g/mol. The second kappa shape index (κ2) is 4.77. The van der Waals surface area contributed by atoms with Crippen LogP contribution >= 0.6 is 0 Å². The van der Waals surface area contributed by atoms with E-state index in [2.05, 4.69) is 25.7 Å². The summed E-state index contributed by atoms with van der Waals surface area (Å²) in [7, 11) is 0. The SMILES string of the molecule is O=C(Nc1cccc(-c2ccn[nH]2)c1)c1cn[nH]c1. The van der Waals surface area contributed by atoms with Crippen molar-refractivity contribution in [2.75, 3.05) is 5.32 Å². The minimum absolute atomic E-state index is 0.199.